The van der Waals surface area contributed by atoms with Crippen LogP contribution in [-0.2, 0) is 0 Å². The number of fused-ring (bicyclic) bond motifs is 1. The Bertz CT molecular complexity index is 1250. The van der Waals surface area contributed by atoms with E-state index in [1.54, 1.807) is 25.2 Å². The molecule has 4 aromatic rings. The number of ether oxygens (including phenoxy) is 3. The number of methoxy groups -OCH3 is 2. The van der Waals surface area contributed by atoms with Gasteiger partial charge in [0, 0.05) is 18.7 Å². The molecule has 0 unspecified atom stereocenters. The van der Waals surface area contributed by atoms with E-state index in [1.165, 1.54) is 11.3 Å². The number of anilines is 1. The summed E-state index contributed by atoms with van der Waals surface area (Å²) in [6.45, 7) is 1.36. The molecule has 35 heavy (non-hydrogen) atoms. The molecule has 182 valence electrons. The maximum absolute atomic E-state index is 13.9. The highest BCUT2D eigenvalue weighted by atomic mass is 32.1. The summed E-state index contributed by atoms with van der Waals surface area (Å²) in [6, 6.07) is 20.5. The first kappa shape index (κ1) is 24.5. The highest BCUT2D eigenvalue weighted by Crippen LogP contribution is 2.38. The van der Waals surface area contributed by atoms with Crippen molar-refractivity contribution in [3.05, 3.63) is 72.3 Å². The monoisotopic (exact) mass is 491 g/mol. The van der Waals surface area contributed by atoms with E-state index in [0.29, 0.717) is 40.2 Å². The molecule has 0 spiro atoms. The van der Waals surface area contributed by atoms with Crippen molar-refractivity contribution in [3.8, 4) is 23.0 Å². The van der Waals surface area contributed by atoms with Crippen LogP contribution in [0.1, 0.15) is 16.8 Å². The van der Waals surface area contributed by atoms with Gasteiger partial charge < -0.3 is 19.1 Å². The maximum atomic E-state index is 13.9. The fourth-order valence-electron chi connectivity index (χ4n) is 3.68. The average molecular weight is 492 g/mol. The molecule has 1 aromatic heterocycles. The zero-order chi connectivity index (χ0) is 24.8. The van der Waals surface area contributed by atoms with Crippen molar-refractivity contribution >= 4 is 32.6 Å². The van der Waals surface area contributed by atoms with Crippen molar-refractivity contribution < 1.29 is 19.0 Å². The normalized spacial score (nSPS) is 11.0. The van der Waals surface area contributed by atoms with E-state index >= 15 is 0 Å². The molecule has 4 rings (SSSR count). The number of benzene rings is 3. The number of hydrogen-bond donors (Lipinski definition) is 0. The summed E-state index contributed by atoms with van der Waals surface area (Å²) in [5.74, 6) is 2.25. The number of carbonyl (C=O) groups is 1. The Morgan fingerprint density at radius 2 is 1.57 bits per heavy atom. The average Bonchev–Trinajstić information content (AvgIpc) is 3.28. The van der Waals surface area contributed by atoms with E-state index in [-0.39, 0.29) is 5.91 Å². The number of carbonyl (C=O) groups excluding carboxylic acids is 1. The van der Waals surface area contributed by atoms with Crippen molar-refractivity contribution in [1.29, 1.82) is 0 Å². The predicted molar refractivity (Wildman–Crippen MR) is 141 cm³/mol. The van der Waals surface area contributed by atoms with Crippen molar-refractivity contribution in [2.45, 2.75) is 6.42 Å². The van der Waals surface area contributed by atoms with Gasteiger partial charge in [-0.05, 0) is 51.3 Å². The molecule has 0 saturated carbocycles. The van der Waals surface area contributed by atoms with Crippen molar-refractivity contribution in [3.63, 3.8) is 0 Å². The summed E-state index contributed by atoms with van der Waals surface area (Å²) in [5.41, 5.74) is 1.23. The highest BCUT2D eigenvalue weighted by molar-refractivity contribution is 7.22. The van der Waals surface area contributed by atoms with Crippen LogP contribution in [0.3, 0.4) is 0 Å². The number of para-hydroxylation sites is 2. The Kier molecular flexibility index (Phi) is 7.84. The van der Waals surface area contributed by atoms with Crippen LogP contribution in [-0.4, -0.2) is 57.2 Å². The van der Waals surface area contributed by atoms with E-state index < -0.39 is 0 Å². The van der Waals surface area contributed by atoms with Gasteiger partial charge in [-0.25, -0.2) is 4.98 Å². The summed E-state index contributed by atoms with van der Waals surface area (Å²) < 4.78 is 17.9. The molecule has 0 aliphatic heterocycles. The molecule has 0 fully saturated rings. The summed E-state index contributed by atoms with van der Waals surface area (Å²) >= 11 is 1.45. The third kappa shape index (κ3) is 5.72. The van der Waals surface area contributed by atoms with Gasteiger partial charge in [-0.15, -0.1) is 0 Å². The first-order valence-corrected chi connectivity index (χ1v) is 12.1. The van der Waals surface area contributed by atoms with Gasteiger partial charge in [-0.1, -0.05) is 41.7 Å². The topological polar surface area (TPSA) is 64.1 Å². The van der Waals surface area contributed by atoms with Gasteiger partial charge >= 0.3 is 0 Å². The third-order valence-corrected chi connectivity index (χ3v) is 6.48. The molecule has 0 radical (unpaired) electrons. The molecular formula is C27H29N3O4S. The van der Waals surface area contributed by atoms with E-state index in [4.69, 9.17) is 19.2 Å². The Morgan fingerprint density at radius 3 is 2.29 bits per heavy atom. The minimum atomic E-state index is -0.159. The van der Waals surface area contributed by atoms with Gasteiger partial charge in [0.1, 0.15) is 11.5 Å². The summed E-state index contributed by atoms with van der Waals surface area (Å²) in [5, 5.41) is 0.619. The lowest BCUT2D eigenvalue weighted by molar-refractivity contribution is 0.0984. The van der Waals surface area contributed by atoms with Crippen LogP contribution in [0.2, 0.25) is 0 Å². The van der Waals surface area contributed by atoms with Crippen LogP contribution in [0.4, 0.5) is 5.13 Å². The van der Waals surface area contributed by atoms with Crippen molar-refractivity contribution in [2.75, 3.05) is 46.3 Å². The predicted octanol–water partition coefficient (Wildman–Crippen LogP) is 5.70. The lowest BCUT2D eigenvalue weighted by Gasteiger charge is -2.22. The van der Waals surface area contributed by atoms with Crippen LogP contribution in [0.5, 0.6) is 23.0 Å². The smallest absolute Gasteiger partial charge is 0.263 e. The molecule has 0 aliphatic carbocycles. The molecule has 7 nitrogen and oxygen atoms in total. The first-order chi connectivity index (χ1) is 17.0. The zero-order valence-corrected chi connectivity index (χ0v) is 21.2. The maximum Gasteiger partial charge on any atom is 0.263 e. The van der Waals surface area contributed by atoms with Crippen LogP contribution in [0.15, 0.2) is 66.7 Å². The number of hydrogen-bond acceptors (Lipinski definition) is 7. The van der Waals surface area contributed by atoms with Crippen LogP contribution in [0.25, 0.3) is 10.2 Å². The molecule has 3 aromatic carbocycles. The largest absolute Gasteiger partial charge is 0.493 e. The molecule has 1 amide bonds. The number of amides is 1. The molecule has 0 N–H and O–H groups in total. The SMILES string of the molecule is COc1cc2nc(N(CCCN(C)C)C(=O)c3ccccc3Oc3ccccc3)sc2cc1OC. The van der Waals surface area contributed by atoms with E-state index in [0.717, 1.165) is 23.2 Å². The number of aromatic nitrogens is 1. The fraction of sp³-hybridized carbons (Fsp3) is 0.259. The van der Waals surface area contributed by atoms with Gasteiger partial charge in [0.25, 0.3) is 5.91 Å². The molecule has 0 aliphatic rings. The number of nitrogens with zero attached hydrogens (tertiary/aromatic N) is 3. The Labute approximate surface area is 209 Å². The van der Waals surface area contributed by atoms with Crippen molar-refractivity contribution in [2.24, 2.45) is 0 Å². The first-order valence-electron chi connectivity index (χ1n) is 11.3. The van der Waals surface area contributed by atoms with Gasteiger partial charge in [0.15, 0.2) is 16.6 Å². The number of thiazole rings is 1. The molecule has 0 bridgehead atoms. The lowest BCUT2D eigenvalue weighted by atomic mass is 10.1. The van der Waals surface area contributed by atoms with E-state index in [9.17, 15) is 4.79 Å². The van der Waals surface area contributed by atoms with Gasteiger partial charge in [0.2, 0.25) is 0 Å². The second-order valence-electron chi connectivity index (χ2n) is 8.20. The Morgan fingerprint density at radius 1 is 0.886 bits per heavy atom. The molecule has 8 heteroatoms. The molecule has 1 heterocycles. The molecule has 0 atom stereocenters. The quantitative estimate of drug-likeness (QED) is 0.283. The third-order valence-electron chi connectivity index (χ3n) is 5.43. The second kappa shape index (κ2) is 11.2. The molecular weight excluding hydrogens is 462 g/mol. The minimum Gasteiger partial charge on any atom is -0.493 e. The number of rotatable bonds is 10. The van der Waals surface area contributed by atoms with E-state index in [2.05, 4.69) is 4.90 Å². The van der Waals surface area contributed by atoms with Gasteiger partial charge in [-0.2, -0.15) is 0 Å². The lowest BCUT2D eigenvalue weighted by Crippen LogP contribution is -2.33. The minimum absolute atomic E-state index is 0.159. The van der Waals surface area contributed by atoms with Crippen LogP contribution in [0, 0.1) is 0 Å². The van der Waals surface area contributed by atoms with Crippen LogP contribution < -0.4 is 19.1 Å². The second-order valence-corrected chi connectivity index (χ2v) is 9.21. The van der Waals surface area contributed by atoms with Crippen molar-refractivity contribution in [1.82, 2.24) is 9.88 Å². The summed E-state index contributed by atoms with van der Waals surface area (Å²) in [4.78, 5) is 22.5. The fourth-order valence-corrected chi connectivity index (χ4v) is 4.68. The summed E-state index contributed by atoms with van der Waals surface area (Å²) in [7, 11) is 7.24. The van der Waals surface area contributed by atoms with Crippen LogP contribution >= 0.6 is 11.3 Å². The summed E-state index contributed by atoms with van der Waals surface area (Å²) in [6.07, 6.45) is 0.795. The standard InChI is InChI=1S/C27H29N3O4S/c1-29(2)15-10-16-30(27-28-21-17-23(32-3)24(33-4)18-25(21)35-27)26(31)20-13-8-9-14-22(20)34-19-11-6-5-7-12-19/h5-9,11-14,17-18H,10,15-16H2,1-4H3. The zero-order valence-electron chi connectivity index (χ0n) is 20.4. The Hall–Kier alpha value is -3.62. The van der Waals surface area contributed by atoms with Gasteiger partial charge in [0.05, 0.1) is 30.0 Å². The Balaban J connectivity index is 1.71. The van der Waals surface area contributed by atoms with E-state index in [1.807, 2.05) is 74.8 Å². The highest BCUT2D eigenvalue weighted by Gasteiger charge is 2.25. The van der Waals surface area contributed by atoms with Gasteiger partial charge in [-0.3, -0.25) is 9.69 Å². The molecule has 0 saturated heterocycles.